The number of hydrogen-bond acceptors (Lipinski definition) is 7. The van der Waals surface area contributed by atoms with Crippen LogP contribution in [0, 0.1) is 11.3 Å². The highest BCUT2D eigenvalue weighted by atomic mass is 32.2. The van der Waals surface area contributed by atoms with Gasteiger partial charge in [0.2, 0.25) is 16.0 Å². The van der Waals surface area contributed by atoms with E-state index in [0.717, 1.165) is 4.31 Å². The topological polar surface area (TPSA) is 117 Å². The summed E-state index contributed by atoms with van der Waals surface area (Å²) < 4.78 is 42.0. The molecule has 9 nitrogen and oxygen atoms in total. The van der Waals surface area contributed by atoms with E-state index in [9.17, 15) is 12.8 Å². The first-order chi connectivity index (χ1) is 11.9. The van der Waals surface area contributed by atoms with Crippen LogP contribution in [0.2, 0.25) is 0 Å². The highest BCUT2D eigenvalue weighted by Crippen LogP contribution is 2.23. The minimum atomic E-state index is -3.76. The molecular weight excluding hydrogens is 349 g/mol. The minimum absolute atomic E-state index is 0.0454. The molecular formula is C14H16FN7O2S. The Balaban J connectivity index is 1.67. The molecule has 1 saturated heterocycles. The van der Waals surface area contributed by atoms with Crippen molar-refractivity contribution in [2.45, 2.75) is 23.5 Å². The van der Waals surface area contributed by atoms with Crippen molar-refractivity contribution in [2.24, 2.45) is 7.05 Å². The van der Waals surface area contributed by atoms with Crippen molar-refractivity contribution in [1.82, 2.24) is 24.1 Å². The summed E-state index contributed by atoms with van der Waals surface area (Å²) in [5.41, 5.74) is 0.305. The summed E-state index contributed by atoms with van der Waals surface area (Å²) in [5.74, 6) is 0.204. The van der Waals surface area contributed by atoms with Crippen LogP contribution >= 0.6 is 0 Å². The predicted molar refractivity (Wildman–Crippen MR) is 85.6 cm³/mol. The number of halogens is 1. The molecule has 1 aliphatic heterocycles. The molecule has 2 aromatic heterocycles. The van der Waals surface area contributed by atoms with E-state index in [-0.39, 0.29) is 30.4 Å². The normalized spacial score (nSPS) is 21.6. The molecule has 132 valence electrons. The highest BCUT2D eigenvalue weighted by Gasteiger charge is 2.36. The predicted octanol–water partition coefficient (Wildman–Crippen LogP) is 0.295. The number of nitrogens with zero attached hydrogens (tertiary/aromatic N) is 6. The molecule has 1 fully saturated rings. The van der Waals surface area contributed by atoms with E-state index in [4.69, 9.17) is 5.26 Å². The molecule has 3 rings (SSSR count). The van der Waals surface area contributed by atoms with Crippen LogP contribution in [0.15, 0.2) is 29.7 Å². The Labute approximate surface area is 144 Å². The molecule has 2 aromatic rings. The number of nitriles is 1. The van der Waals surface area contributed by atoms with Gasteiger partial charge < -0.3 is 5.32 Å². The van der Waals surface area contributed by atoms with Crippen LogP contribution in [0.25, 0.3) is 0 Å². The number of alkyl halides is 1. The highest BCUT2D eigenvalue weighted by molar-refractivity contribution is 7.89. The first kappa shape index (κ1) is 17.2. The van der Waals surface area contributed by atoms with Crippen LogP contribution in [0.3, 0.4) is 0 Å². The van der Waals surface area contributed by atoms with Gasteiger partial charge >= 0.3 is 0 Å². The van der Waals surface area contributed by atoms with Gasteiger partial charge in [-0.25, -0.2) is 22.8 Å². The first-order valence-electron chi connectivity index (χ1n) is 7.51. The van der Waals surface area contributed by atoms with E-state index in [1.807, 2.05) is 6.07 Å². The smallest absolute Gasteiger partial charge is 0.246 e. The number of aryl methyl sites for hydroxylation is 1. The number of rotatable bonds is 4. The second-order valence-corrected chi connectivity index (χ2v) is 7.61. The lowest BCUT2D eigenvalue weighted by molar-refractivity contribution is 0.185. The number of anilines is 1. The second-order valence-electron chi connectivity index (χ2n) is 5.68. The third kappa shape index (κ3) is 3.59. The van der Waals surface area contributed by atoms with Crippen LogP contribution in [-0.2, 0) is 17.1 Å². The lowest BCUT2D eigenvalue weighted by Crippen LogP contribution is -2.49. The third-order valence-electron chi connectivity index (χ3n) is 3.92. The fourth-order valence-corrected chi connectivity index (χ4v) is 4.01. The summed E-state index contributed by atoms with van der Waals surface area (Å²) in [7, 11) is -2.15. The Hall–Kier alpha value is -2.58. The standard InChI is InChI=1S/C14H16FN7O2S/c1-21-8-11(7-19-21)25(23,24)22-3-2-13(12(15)9-22)20-14-17-5-10(4-16)6-18-14/h5-8,12-13H,2-3,9H2,1H3,(H,17,18,20). The lowest BCUT2D eigenvalue weighted by Gasteiger charge is -2.33. The van der Waals surface area contributed by atoms with Gasteiger partial charge in [-0.2, -0.15) is 14.7 Å². The molecule has 0 radical (unpaired) electrons. The summed E-state index contributed by atoms with van der Waals surface area (Å²) in [4.78, 5) is 7.93. The number of aromatic nitrogens is 4. The van der Waals surface area contributed by atoms with Gasteiger partial charge in [-0.3, -0.25) is 4.68 Å². The molecule has 0 aromatic carbocycles. The maximum absolute atomic E-state index is 14.5. The van der Waals surface area contributed by atoms with Gasteiger partial charge in [0.05, 0.1) is 30.2 Å². The number of hydrogen-bond donors (Lipinski definition) is 1. The zero-order valence-corrected chi connectivity index (χ0v) is 14.2. The van der Waals surface area contributed by atoms with Crippen LogP contribution in [0.4, 0.5) is 10.3 Å². The van der Waals surface area contributed by atoms with Gasteiger partial charge in [0.1, 0.15) is 17.1 Å². The summed E-state index contributed by atoms with van der Waals surface area (Å²) in [5, 5.41) is 15.4. The van der Waals surface area contributed by atoms with Crippen molar-refractivity contribution in [1.29, 1.82) is 5.26 Å². The van der Waals surface area contributed by atoms with Crippen molar-refractivity contribution < 1.29 is 12.8 Å². The molecule has 11 heteroatoms. The monoisotopic (exact) mass is 365 g/mol. The van der Waals surface area contributed by atoms with E-state index in [2.05, 4.69) is 20.4 Å². The molecule has 0 saturated carbocycles. The number of piperidine rings is 1. The minimum Gasteiger partial charge on any atom is -0.348 e. The molecule has 3 heterocycles. The lowest BCUT2D eigenvalue weighted by atomic mass is 10.1. The van der Waals surface area contributed by atoms with Crippen LogP contribution in [0.1, 0.15) is 12.0 Å². The van der Waals surface area contributed by atoms with E-state index >= 15 is 0 Å². The average Bonchev–Trinajstić information content (AvgIpc) is 3.04. The maximum Gasteiger partial charge on any atom is 0.246 e. The summed E-state index contributed by atoms with van der Waals surface area (Å²) >= 11 is 0. The zero-order chi connectivity index (χ0) is 18.0. The van der Waals surface area contributed by atoms with Crippen molar-refractivity contribution >= 4 is 16.0 Å². The van der Waals surface area contributed by atoms with Gasteiger partial charge in [-0.1, -0.05) is 0 Å². The Bertz CT molecular complexity index is 891. The maximum atomic E-state index is 14.5. The van der Waals surface area contributed by atoms with Crippen molar-refractivity contribution in [2.75, 3.05) is 18.4 Å². The molecule has 0 aliphatic carbocycles. The third-order valence-corrected chi connectivity index (χ3v) is 5.74. The molecule has 1 aliphatic rings. The van der Waals surface area contributed by atoms with E-state index < -0.39 is 22.2 Å². The van der Waals surface area contributed by atoms with Crippen LogP contribution in [0.5, 0.6) is 0 Å². The largest absolute Gasteiger partial charge is 0.348 e. The Kier molecular flexibility index (Phi) is 4.65. The van der Waals surface area contributed by atoms with Crippen molar-refractivity contribution in [3.63, 3.8) is 0 Å². The Morgan fingerprint density at radius 1 is 1.36 bits per heavy atom. The molecule has 1 N–H and O–H groups in total. The molecule has 0 amide bonds. The zero-order valence-electron chi connectivity index (χ0n) is 13.4. The van der Waals surface area contributed by atoms with Crippen LogP contribution in [-0.4, -0.2) is 57.8 Å². The molecule has 2 atom stereocenters. The average molecular weight is 365 g/mol. The van der Waals surface area contributed by atoms with E-state index in [1.165, 1.54) is 29.5 Å². The van der Waals surface area contributed by atoms with Gasteiger partial charge in [0, 0.05) is 26.3 Å². The molecule has 0 bridgehead atoms. The Morgan fingerprint density at radius 3 is 2.64 bits per heavy atom. The summed E-state index contributed by atoms with van der Waals surface area (Å²) in [6, 6.07) is 1.30. The molecule has 2 unspecified atom stereocenters. The SMILES string of the molecule is Cn1cc(S(=O)(=O)N2CCC(Nc3ncc(C#N)cn3)C(F)C2)cn1. The molecule has 25 heavy (non-hydrogen) atoms. The first-order valence-corrected chi connectivity index (χ1v) is 8.95. The summed E-state index contributed by atoms with van der Waals surface area (Å²) in [6.45, 7) is -0.0865. The quantitative estimate of drug-likeness (QED) is 0.828. The summed E-state index contributed by atoms with van der Waals surface area (Å²) in [6.07, 6.45) is 4.16. The van der Waals surface area contributed by atoms with E-state index in [1.54, 1.807) is 7.05 Å². The van der Waals surface area contributed by atoms with Gasteiger partial charge in [-0.05, 0) is 6.42 Å². The van der Waals surface area contributed by atoms with E-state index in [0.29, 0.717) is 5.56 Å². The van der Waals surface area contributed by atoms with Gasteiger partial charge in [0.25, 0.3) is 0 Å². The number of nitrogens with one attached hydrogen (secondary N) is 1. The fraction of sp³-hybridized carbons (Fsp3) is 0.429. The van der Waals surface area contributed by atoms with Crippen molar-refractivity contribution in [3.05, 3.63) is 30.4 Å². The van der Waals surface area contributed by atoms with Crippen molar-refractivity contribution in [3.8, 4) is 6.07 Å². The van der Waals surface area contributed by atoms with Crippen LogP contribution < -0.4 is 5.32 Å². The second kappa shape index (κ2) is 6.73. The fourth-order valence-electron chi connectivity index (χ4n) is 2.57. The number of sulfonamides is 1. The van der Waals surface area contributed by atoms with Gasteiger partial charge in [0.15, 0.2) is 0 Å². The molecule has 0 spiro atoms. The van der Waals surface area contributed by atoms with Gasteiger partial charge in [-0.15, -0.1) is 0 Å². The Morgan fingerprint density at radius 2 is 2.08 bits per heavy atom.